The number of amides is 1. The highest BCUT2D eigenvalue weighted by atomic mass is 32.2. The van der Waals surface area contributed by atoms with Gasteiger partial charge in [0.15, 0.2) is 5.16 Å². The fraction of sp³-hybridized carbons (Fsp3) is 0.391. The molecule has 0 radical (unpaired) electrons. The van der Waals surface area contributed by atoms with Crippen molar-refractivity contribution in [1.82, 2.24) is 14.5 Å². The first kappa shape index (κ1) is 23.4. The molecule has 3 aromatic rings. The van der Waals surface area contributed by atoms with Gasteiger partial charge in [0.25, 0.3) is 5.56 Å². The average molecular weight is 490 g/mol. The van der Waals surface area contributed by atoms with E-state index in [1.165, 1.54) is 39.8 Å². The maximum Gasteiger partial charge on any atom is 0.309 e. The highest BCUT2D eigenvalue weighted by molar-refractivity contribution is 7.99. The molecule has 3 heterocycles. The van der Waals surface area contributed by atoms with Gasteiger partial charge in [-0.2, -0.15) is 0 Å². The summed E-state index contributed by atoms with van der Waals surface area (Å²) in [4.78, 5) is 44.2. The third-order valence-corrected chi connectivity index (χ3v) is 7.43. The highest BCUT2D eigenvalue weighted by Gasteiger charge is 2.28. The zero-order valence-electron chi connectivity index (χ0n) is 18.2. The lowest BCUT2D eigenvalue weighted by Gasteiger charge is -2.30. The van der Waals surface area contributed by atoms with Gasteiger partial charge in [-0.3, -0.25) is 19.0 Å². The van der Waals surface area contributed by atoms with Crippen LogP contribution in [0.4, 0.5) is 4.39 Å². The molecule has 0 bridgehead atoms. The smallest absolute Gasteiger partial charge is 0.309 e. The van der Waals surface area contributed by atoms with E-state index in [4.69, 9.17) is 4.74 Å². The van der Waals surface area contributed by atoms with Crippen LogP contribution in [0.25, 0.3) is 10.2 Å². The van der Waals surface area contributed by atoms with Gasteiger partial charge in [-0.1, -0.05) is 23.9 Å². The molecule has 33 heavy (non-hydrogen) atoms. The number of piperidine rings is 1. The van der Waals surface area contributed by atoms with Gasteiger partial charge in [-0.15, -0.1) is 11.3 Å². The summed E-state index contributed by atoms with van der Waals surface area (Å²) in [5.74, 6) is -0.627. The van der Waals surface area contributed by atoms with Gasteiger partial charge >= 0.3 is 5.97 Å². The summed E-state index contributed by atoms with van der Waals surface area (Å²) >= 11 is 2.54. The van der Waals surface area contributed by atoms with E-state index >= 15 is 0 Å². The molecule has 0 atom stereocenters. The number of rotatable bonds is 7. The fourth-order valence-corrected chi connectivity index (χ4v) is 5.47. The number of ether oxygens (including phenoxy) is 1. The van der Waals surface area contributed by atoms with Gasteiger partial charge in [-0.05, 0) is 48.9 Å². The Kier molecular flexibility index (Phi) is 7.44. The van der Waals surface area contributed by atoms with Gasteiger partial charge in [0.2, 0.25) is 5.91 Å². The van der Waals surface area contributed by atoms with Crippen molar-refractivity contribution in [1.29, 1.82) is 0 Å². The Labute approximate surface area is 198 Å². The van der Waals surface area contributed by atoms with E-state index in [0.717, 1.165) is 5.56 Å². The maximum atomic E-state index is 13.3. The molecule has 1 fully saturated rings. The molecule has 0 unspecified atom stereocenters. The number of hydrogen-bond donors (Lipinski definition) is 0. The van der Waals surface area contributed by atoms with E-state index in [2.05, 4.69) is 4.98 Å². The number of halogens is 1. The SMILES string of the molecule is CCOC(=O)C1CCN(C(=O)CSc2nc3ccsc3c(=O)n2Cc2ccc(F)cc2)CC1. The second-order valence-electron chi connectivity index (χ2n) is 7.74. The molecule has 1 aliphatic heterocycles. The van der Waals surface area contributed by atoms with Gasteiger partial charge in [0.1, 0.15) is 10.5 Å². The molecule has 10 heteroatoms. The Balaban J connectivity index is 1.47. The molecule has 0 aliphatic carbocycles. The average Bonchev–Trinajstić information content (AvgIpc) is 3.30. The minimum atomic E-state index is -0.343. The minimum absolute atomic E-state index is 0.0599. The number of nitrogens with zero attached hydrogens (tertiary/aromatic N) is 3. The van der Waals surface area contributed by atoms with Crippen LogP contribution < -0.4 is 5.56 Å². The zero-order valence-corrected chi connectivity index (χ0v) is 19.8. The Morgan fingerprint density at radius 1 is 1.21 bits per heavy atom. The lowest BCUT2D eigenvalue weighted by Crippen LogP contribution is -2.41. The Hall–Kier alpha value is -2.72. The summed E-state index contributed by atoms with van der Waals surface area (Å²) in [6, 6.07) is 7.76. The van der Waals surface area contributed by atoms with Crippen molar-refractivity contribution in [3.8, 4) is 0 Å². The van der Waals surface area contributed by atoms with Crippen LogP contribution in [0.3, 0.4) is 0 Å². The largest absolute Gasteiger partial charge is 0.466 e. The minimum Gasteiger partial charge on any atom is -0.466 e. The van der Waals surface area contributed by atoms with Gasteiger partial charge in [0.05, 0.1) is 30.3 Å². The fourth-order valence-electron chi connectivity index (χ4n) is 3.79. The number of thioether (sulfide) groups is 1. The maximum absolute atomic E-state index is 13.3. The molecule has 1 aliphatic rings. The van der Waals surface area contributed by atoms with Crippen molar-refractivity contribution in [2.75, 3.05) is 25.4 Å². The van der Waals surface area contributed by atoms with Gasteiger partial charge in [-0.25, -0.2) is 9.37 Å². The summed E-state index contributed by atoms with van der Waals surface area (Å²) in [7, 11) is 0. The standard InChI is InChI=1S/C23H24FN3O4S2/c1-2-31-22(30)16-7-10-26(11-8-16)19(28)14-33-23-25-18-9-12-32-20(18)21(29)27(23)13-15-3-5-17(24)6-4-15/h3-6,9,12,16H,2,7-8,10-11,13-14H2,1H3. The lowest BCUT2D eigenvalue weighted by atomic mass is 9.97. The monoisotopic (exact) mass is 489 g/mol. The predicted octanol–water partition coefficient (Wildman–Crippen LogP) is 3.54. The van der Waals surface area contributed by atoms with Gasteiger partial charge < -0.3 is 9.64 Å². The van der Waals surface area contributed by atoms with E-state index < -0.39 is 0 Å². The summed E-state index contributed by atoms with van der Waals surface area (Å²) < 4.78 is 20.5. The Bertz CT molecular complexity index is 1200. The van der Waals surface area contributed by atoms with E-state index in [1.54, 1.807) is 30.0 Å². The number of thiophene rings is 1. The van der Waals surface area contributed by atoms with E-state index in [-0.39, 0.29) is 41.5 Å². The molecule has 2 aromatic heterocycles. The molecule has 1 aromatic carbocycles. The summed E-state index contributed by atoms with van der Waals surface area (Å²) in [6.07, 6.45) is 1.17. The molecule has 0 N–H and O–H groups in total. The molecule has 7 nitrogen and oxygen atoms in total. The van der Waals surface area contributed by atoms with Crippen molar-refractivity contribution in [2.24, 2.45) is 5.92 Å². The van der Waals surface area contributed by atoms with Crippen LogP contribution in [0, 0.1) is 11.7 Å². The van der Waals surface area contributed by atoms with Crippen LogP contribution in [0.1, 0.15) is 25.3 Å². The van der Waals surface area contributed by atoms with Crippen LogP contribution in [-0.2, 0) is 20.9 Å². The Morgan fingerprint density at radius 2 is 1.94 bits per heavy atom. The van der Waals surface area contributed by atoms with Crippen LogP contribution >= 0.6 is 23.1 Å². The number of likely N-dealkylation sites (tertiary alicyclic amines) is 1. The van der Waals surface area contributed by atoms with Crippen LogP contribution in [-0.4, -0.2) is 51.8 Å². The number of esters is 1. The number of hydrogen-bond acceptors (Lipinski definition) is 7. The lowest BCUT2D eigenvalue weighted by molar-refractivity contribution is -0.151. The van der Waals surface area contributed by atoms with Crippen molar-refractivity contribution in [3.05, 3.63) is 57.4 Å². The molecular formula is C23H24FN3O4S2. The first-order valence-electron chi connectivity index (χ1n) is 10.8. The van der Waals surface area contributed by atoms with E-state index in [9.17, 15) is 18.8 Å². The van der Waals surface area contributed by atoms with Crippen LogP contribution in [0.15, 0.2) is 45.7 Å². The van der Waals surface area contributed by atoms with Crippen molar-refractivity contribution >= 4 is 45.2 Å². The number of carbonyl (C=O) groups is 2. The molecule has 1 saturated heterocycles. The quantitative estimate of drug-likeness (QED) is 0.287. The summed E-state index contributed by atoms with van der Waals surface area (Å²) in [5, 5.41) is 2.26. The molecular weight excluding hydrogens is 465 g/mol. The van der Waals surface area contributed by atoms with Crippen molar-refractivity contribution in [3.63, 3.8) is 0 Å². The second kappa shape index (κ2) is 10.5. The molecule has 4 rings (SSSR count). The van der Waals surface area contributed by atoms with Gasteiger partial charge in [0, 0.05) is 13.1 Å². The van der Waals surface area contributed by atoms with E-state index in [0.29, 0.717) is 47.9 Å². The second-order valence-corrected chi connectivity index (χ2v) is 9.60. The van der Waals surface area contributed by atoms with Crippen molar-refractivity contribution < 1.29 is 18.7 Å². The normalized spacial score (nSPS) is 14.5. The molecule has 0 spiro atoms. The third-order valence-electron chi connectivity index (χ3n) is 5.58. The third kappa shape index (κ3) is 5.44. The topological polar surface area (TPSA) is 81.5 Å². The first-order chi connectivity index (χ1) is 16.0. The number of benzene rings is 1. The van der Waals surface area contributed by atoms with Crippen LogP contribution in [0.2, 0.25) is 0 Å². The van der Waals surface area contributed by atoms with Crippen LogP contribution in [0.5, 0.6) is 0 Å². The number of aromatic nitrogens is 2. The van der Waals surface area contributed by atoms with Crippen molar-refractivity contribution in [2.45, 2.75) is 31.5 Å². The molecule has 1 amide bonds. The Morgan fingerprint density at radius 3 is 2.64 bits per heavy atom. The summed E-state index contributed by atoms with van der Waals surface area (Å²) in [6.45, 7) is 3.38. The summed E-state index contributed by atoms with van der Waals surface area (Å²) in [5.41, 5.74) is 1.19. The first-order valence-corrected chi connectivity index (χ1v) is 12.6. The molecule has 174 valence electrons. The number of carbonyl (C=O) groups excluding carboxylic acids is 2. The molecule has 0 saturated carbocycles. The highest BCUT2D eigenvalue weighted by Crippen LogP contribution is 2.24. The number of fused-ring (bicyclic) bond motifs is 1. The van der Waals surface area contributed by atoms with E-state index in [1.807, 2.05) is 5.38 Å². The zero-order chi connectivity index (χ0) is 23.4. The predicted molar refractivity (Wildman–Crippen MR) is 126 cm³/mol.